The highest BCUT2D eigenvalue weighted by Crippen LogP contribution is 2.29. The fourth-order valence-electron chi connectivity index (χ4n) is 2.91. The van der Waals surface area contributed by atoms with E-state index in [4.69, 9.17) is 11.6 Å². The van der Waals surface area contributed by atoms with Crippen LogP contribution in [-0.2, 0) is 10.8 Å². The van der Waals surface area contributed by atoms with E-state index in [1.165, 1.54) is 31.4 Å². The Morgan fingerprint density at radius 1 is 1.45 bits per heavy atom. The predicted octanol–water partition coefficient (Wildman–Crippen LogP) is 3.76. The number of nitrogens with one attached hydrogen (secondary N) is 1. The molecule has 2 nitrogen and oxygen atoms in total. The van der Waals surface area contributed by atoms with Gasteiger partial charge >= 0.3 is 0 Å². The average Bonchev–Trinajstić information content (AvgIpc) is 2.87. The van der Waals surface area contributed by atoms with Crippen molar-refractivity contribution in [2.75, 3.05) is 12.3 Å². The quantitative estimate of drug-likeness (QED) is 0.865. The molecule has 3 atom stereocenters. The van der Waals surface area contributed by atoms with Crippen molar-refractivity contribution in [3.63, 3.8) is 0 Å². The van der Waals surface area contributed by atoms with Crippen molar-refractivity contribution in [1.82, 2.24) is 5.32 Å². The minimum Gasteiger partial charge on any atom is -0.314 e. The lowest BCUT2D eigenvalue weighted by molar-refractivity contribution is 0.399. The van der Waals surface area contributed by atoms with E-state index >= 15 is 0 Å². The van der Waals surface area contributed by atoms with Gasteiger partial charge in [-0.25, -0.2) is 4.39 Å². The molecule has 0 aliphatic heterocycles. The zero-order valence-electron chi connectivity index (χ0n) is 11.7. The summed E-state index contributed by atoms with van der Waals surface area (Å²) in [5, 5.41) is 3.55. The first-order valence-electron chi connectivity index (χ1n) is 7.18. The largest absolute Gasteiger partial charge is 0.314 e. The van der Waals surface area contributed by atoms with Crippen LogP contribution in [0.3, 0.4) is 0 Å². The second kappa shape index (κ2) is 7.53. The van der Waals surface area contributed by atoms with E-state index in [0.717, 1.165) is 13.0 Å². The third kappa shape index (κ3) is 4.03. The highest BCUT2D eigenvalue weighted by molar-refractivity contribution is 7.85. The van der Waals surface area contributed by atoms with E-state index in [0.29, 0.717) is 22.6 Å². The summed E-state index contributed by atoms with van der Waals surface area (Å²) in [6.07, 6.45) is 4.61. The van der Waals surface area contributed by atoms with Crippen molar-refractivity contribution in [2.45, 2.75) is 43.5 Å². The Morgan fingerprint density at radius 3 is 2.95 bits per heavy atom. The molecule has 1 N–H and O–H groups in total. The Bertz CT molecular complexity index is 483. The van der Waals surface area contributed by atoms with Gasteiger partial charge in [-0.05, 0) is 49.9 Å². The molecule has 1 aromatic rings. The molecule has 1 aliphatic carbocycles. The second-order valence-electron chi connectivity index (χ2n) is 5.27. The Labute approximate surface area is 127 Å². The van der Waals surface area contributed by atoms with Crippen LogP contribution in [0.15, 0.2) is 23.1 Å². The Morgan fingerprint density at radius 2 is 2.25 bits per heavy atom. The Kier molecular flexibility index (Phi) is 6.00. The van der Waals surface area contributed by atoms with Gasteiger partial charge in [-0.15, -0.1) is 0 Å². The van der Waals surface area contributed by atoms with E-state index in [1.54, 1.807) is 6.07 Å². The number of hydrogen-bond acceptors (Lipinski definition) is 2. The molecule has 1 saturated carbocycles. The summed E-state index contributed by atoms with van der Waals surface area (Å²) in [5.74, 6) is 0.763. The molecular formula is C15H21ClFNOS. The summed E-state index contributed by atoms with van der Waals surface area (Å²) >= 11 is 5.73. The van der Waals surface area contributed by atoms with Crippen LogP contribution in [0.4, 0.5) is 4.39 Å². The fourth-order valence-corrected chi connectivity index (χ4v) is 4.37. The molecule has 0 bridgehead atoms. The van der Waals surface area contributed by atoms with Crippen LogP contribution < -0.4 is 5.32 Å². The molecule has 5 heteroatoms. The van der Waals surface area contributed by atoms with Crippen LogP contribution in [0.1, 0.15) is 32.6 Å². The lowest BCUT2D eigenvalue weighted by Crippen LogP contribution is -2.32. The molecule has 0 aromatic heterocycles. The van der Waals surface area contributed by atoms with Crippen LogP contribution >= 0.6 is 11.6 Å². The molecule has 1 aliphatic rings. The monoisotopic (exact) mass is 317 g/mol. The summed E-state index contributed by atoms with van der Waals surface area (Å²) in [7, 11) is -1.10. The van der Waals surface area contributed by atoms with Gasteiger partial charge in [0.1, 0.15) is 5.82 Å². The lowest BCUT2D eigenvalue weighted by Gasteiger charge is -2.20. The van der Waals surface area contributed by atoms with Gasteiger partial charge in [-0.3, -0.25) is 4.21 Å². The van der Waals surface area contributed by atoms with Crippen LogP contribution in [0.5, 0.6) is 0 Å². The fraction of sp³-hybridized carbons (Fsp3) is 0.600. The van der Waals surface area contributed by atoms with Gasteiger partial charge in [0.15, 0.2) is 0 Å². The number of rotatable bonds is 6. The van der Waals surface area contributed by atoms with Gasteiger partial charge in [0.25, 0.3) is 0 Å². The maximum Gasteiger partial charge on any atom is 0.141 e. The van der Waals surface area contributed by atoms with Crippen molar-refractivity contribution < 1.29 is 8.60 Å². The standard InChI is InChI=1S/C15H21ClFNOS/c1-2-18-15-5-3-4-11(15)8-9-20(19)12-6-7-14(17)13(16)10-12/h6-7,10-11,15,18H,2-5,8-9H2,1H3. The van der Waals surface area contributed by atoms with Crippen LogP contribution in [-0.4, -0.2) is 22.5 Å². The summed E-state index contributed by atoms with van der Waals surface area (Å²) in [5.41, 5.74) is 0. The molecule has 0 heterocycles. The Hall–Kier alpha value is -0.450. The third-order valence-corrected chi connectivity index (χ3v) is 5.63. The Balaban J connectivity index is 1.90. The maximum atomic E-state index is 13.1. The van der Waals surface area contributed by atoms with E-state index in [-0.39, 0.29) is 5.02 Å². The SMILES string of the molecule is CCNC1CCCC1CCS(=O)c1ccc(F)c(Cl)c1. The first-order chi connectivity index (χ1) is 9.61. The molecule has 0 saturated heterocycles. The third-order valence-electron chi connectivity index (χ3n) is 3.95. The molecular weight excluding hydrogens is 297 g/mol. The second-order valence-corrected chi connectivity index (χ2v) is 7.25. The highest BCUT2D eigenvalue weighted by atomic mass is 35.5. The number of hydrogen-bond donors (Lipinski definition) is 1. The van der Waals surface area contributed by atoms with E-state index in [1.807, 2.05) is 0 Å². The molecule has 3 unspecified atom stereocenters. The minimum absolute atomic E-state index is 0.0437. The molecule has 0 spiro atoms. The summed E-state index contributed by atoms with van der Waals surface area (Å²) in [6, 6.07) is 4.89. The van der Waals surface area contributed by atoms with E-state index in [9.17, 15) is 8.60 Å². The average molecular weight is 318 g/mol. The molecule has 1 fully saturated rings. The van der Waals surface area contributed by atoms with Crippen molar-refractivity contribution in [1.29, 1.82) is 0 Å². The van der Waals surface area contributed by atoms with Crippen LogP contribution in [0, 0.1) is 11.7 Å². The number of benzene rings is 1. The number of halogens is 2. The molecule has 112 valence electrons. The van der Waals surface area contributed by atoms with Gasteiger partial charge in [0.2, 0.25) is 0 Å². The van der Waals surface area contributed by atoms with Gasteiger partial charge in [0, 0.05) is 16.7 Å². The molecule has 0 amide bonds. The van der Waals surface area contributed by atoms with Crippen molar-refractivity contribution in [3.05, 3.63) is 29.0 Å². The highest BCUT2D eigenvalue weighted by Gasteiger charge is 2.26. The normalized spacial score (nSPS) is 23.9. The van der Waals surface area contributed by atoms with Gasteiger partial charge < -0.3 is 5.32 Å². The lowest BCUT2D eigenvalue weighted by atomic mass is 10.0. The van der Waals surface area contributed by atoms with Crippen molar-refractivity contribution >= 4 is 22.4 Å². The topological polar surface area (TPSA) is 29.1 Å². The maximum absolute atomic E-state index is 13.1. The zero-order chi connectivity index (χ0) is 14.5. The predicted molar refractivity (Wildman–Crippen MR) is 82.1 cm³/mol. The van der Waals surface area contributed by atoms with Crippen molar-refractivity contribution in [2.24, 2.45) is 5.92 Å². The summed E-state index contributed by atoms with van der Waals surface area (Å²) in [4.78, 5) is 0.620. The van der Waals surface area contributed by atoms with Gasteiger partial charge in [-0.1, -0.05) is 24.9 Å². The van der Waals surface area contributed by atoms with Crippen LogP contribution in [0.25, 0.3) is 0 Å². The first-order valence-corrected chi connectivity index (χ1v) is 8.88. The van der Waals surface area contributed by atoms with Crippen LogP contribution in [0.2, 0.25) is 5.02 Å². The summed E-state index contributed by atoms with van der Waals surface area (Å²) < 4.78 is 25.3. The smallest absolute Gasteiger partial charge is 0.141 e. The first kappa shape index (κ1) is 15.9. The molecule has 2 rings (SSSR count). The summed E-state index contributed by atoms with van der Waals surface area (Å²) in [6.45, 7) is 3.10. The van der Waals surface area contributed by atoms with E-state index < -0.39 is 16.6 Å². The van der Waals surface area contributed by atoms with Crippen molar-refractivity contribution in [3.8, 4) is 0 Å². The zero-order valence-corrected chi connectivity index (χ0v) is 13.3. The van der Waals surface area contributed by atoms with Gasteiger partial charge in [0.05, 0.1) is 15.8 Å². The van der Waals surface area contributed by atoms with Gasteiger partial charge in [-0.2, -0.15) is 0 Å². The molecule has 0 radical (unpaired) electrons. The van der Waals surface area contributed by atoms with E-state index in [2.05, 4.69) is 12.2 Å². The molecule has 1 aromatic carbocycles. The molecule has 20 heavy (non-hydrogen) atoms. The minimum atomic E-state index is -1.10.